The maximum atomic E-state index is 6.42. The molecule has 35 heavy (non-hydrogen) atoms. The largest absolute Gasteiger partial charge is 0.397 e. The van der Waals surface area contributed by atoms with Crippen LogP contribution < -0.4 is 11.5 Å². The Morgan fingerprint density at radius 1 is 1.06 bits per heavy atom. The van der Waals surface area contributed by atoms with Crippen LogP contribution in [0.2, 0.25) is 0 Å². The fraction of sp³-hybridized carbons (Fsp3) is 0.444. The van der Waals surface area contributed by atoms with Gasteiger partial charge >= 0.3 is 0 Å². The van der Waals surface area contributed by atoms with Crippen LogP contribution in [-0.4, -0.2) is 37.5 Å². The summed E-state index contributed by atoms with van der Waals surface area (Å²) in [6.07, 6.45) is 10.7. The number of fused-ring (bicyclic) bond motifs is 3. The van der Waals surface area contributed by atoms with Crippen molar-refractivity contribution in [2.75, 3.05) is 11.5 Å². The van der Waals surface area contributed by atoms with Crippen molar-refractivity contribution in [2.24, 2.45) is 5.92 Å². The molecule has 4 heterocycles. The monoisotopic (exact) mass is 472 g/mol. The molecule has 8 heteroatoms. The molecule has 1 aromatic carbocycles. The lowest BCUT2D eigenvalue weighted by Gasteiger charge is -2.24. The first kappa shape index (κ1) is 22.2. The van der Waals surface area contributed by atoms with Crippen molar-refractivity contribution in [3.8, 4) is 0 Å². The normalized spacial score (nSPS) is 25.4. The molecule has 0 spiro atoms. The van der Waals surface area contributed by atoms with Crippen LogP contribution in [0.3, 0.4) is 0 Å². The first-order chi connectivity index (χ1) is 16.9. The van der Waals surface area contributed by atoms with Gasteiger partial charge in [0.2, 0.25) is 0 Å². The van der Waals surface area contributed by atoms with E-state index in [4.69, 9.17) is 20.9 Å². The number of para-hydroxylation sites is 1. The highest BCUT2D eigenvalue weighted by molar-refractivity contribution is 5.86. The highest BCUT2D eigenvalue weighted by atomic mass is 16.8. The number of aryl methyl sites for hydroxylation is 1. The van der Waals surface area contributed by atoms with Gasteiger partial charge in [-0.1, -0.05) is 24.6 Å². The molecule has 0 bridgehead atoms. The van der Waals surface area contributed by atoms with Gasteiger partial charge in [0, 0.05) is 11.6 Å². The third kappa shape index (κ3) is 4.00. The Morgan fingerprint density at radius 3 is 2.80 bits per heavy atom. The lowest BCUT2D eigenvalue weighted by molar-refractivity contribution is -0.160. The van der Waals surface area contributed by atoms with Crippen molar-refractivity contribution in [3.05, 3.63) is 54.6 Å². The van der Waals surface area contributed by atoms with E-state index in [0.717, 1.165) is 54.0 Å². The average molecular weight is 473 g/mol. The van der Waals surface area contributed by atoms with Crippen LogP contribution in [0.1, 0.15) is 51.1 Å². The summed E-state index contributed by atoms with van der Waals surface area (Å²) in [5.74, 6) is 0.350. The fourth-order valence-corrected chi connectivity index (χ4v) is 6.03. The van der Waals surface area contributed by atoms with Crippen LogP contribution in [0.25, 0.3) is 21.9 Å². The second-order valence-corrected chi connectivity index (χ2v) is 10.4. The van der Waals surface area contributed by atoms with E-state index >= 15 is 0 Å². The zero-order valence-electron chi connectivity index (χ0n) is 20.2. The summed E-state index contributed by atoms with van der Waals surface area (Å²) < 4.78 is 15.0. The quantitative estimate of drug-likeness (QED) is 0.393. The van der Waals surface area contributed by atoms with Crippen molar-refractivity contribution < 1.29 is 9.47 Å². The van der Waals surface area contributed by atoms with E-state index in [2.05, 4.69) is 43.9 Å². The summed E-state index contributed by atoms with van der Waals surface area (Å²) in [7, 11) is 0. The van der Waals surface area contributed by atoms with E-state index in [0.29, 0.717) is 17.4 Å². The molecule has 0 radical (unpaired) electrons. The van der Waals surface area contributed by atoms with Crippen molar-refractivity contribution in [1.82, 2.24) is 19.5 Å². The number of nitrogens with two attached hydrogens (primary N) is 2. The maximum Gasteiger partial charge on any atom is 0.163 e. The summed E-state index contributed by atoms with van der Waals surface area (Å²) >= 11 is 0. The number of nitrogens with zero attached hydrogens (tertiary/aromatic N) is 4. The molecule has 4 atom stereocenters. The lowest BCUT2D eigenvalue weighted by Crippen LogP contribution is -2.27. The van der Waals surface area contributed by atoms with E-state index in [1.54, 1.807) is 6.20 Å². The number of hydrogen-bond donors (Lipinski definition) is 2. The van der Waals surface area contributed by atoms with Gasteiger partial charge in [-0.25, -0.2) is 9.97 Å². The smallest absolute Gasteiger partial charge is 0.163 e. The van der Waals surface area contributed by atoms with Crippen LogP contribution in [-0.2, 0) is 15.9 Å². The molecule has 182 valence electrons. The Hall–Kier alpha value is -3.23. The second-order valence-electron chi connectivity index (χ2n) is 10.4. The number of pyridine rings is 1. The number of unbranched alkanes of at least 4 members (excludes halogenated alkanes) is 1. The van der Waals surface area contributed by atoms with Crippen LogP contribution in [0, 0.1) is 5.92 Å². The molecule has 1 unspecified atom stereocenters. The molecule has 4 N–H and O–H groups in total. The molecule has 4 aromatic rings. The number of aromatic nitrogens is 4. The Kier molecular flexibility index (Phi) is 5.38. The predicted molar refractivity (Wildman–Crippen MR) is 137 cm³/mol. The van der Waals surface area contributed by atoms with Crippen LogP contribution in [0.4, 0.5) is 11.5 Å². The molecule has 0 amide bonds. The molecule has 2 fully saturated rings. The number of rotatable bonds is 6. The van der Waals surface area contributed by atoms with Gasteiger partial charge in [0.1, 0.15) is 23.9 Å². The predicted octanol–water partition coefficient (Wildman–Crippen LogP) is 4.64. The summed E-state index contributed by atoms with van der Waals surface area (Å²) in [5.41, 5.74) is 15.9. The lowest BCUT2D eigenvalue weighted by atomic mass is 9.95. The van der Waals surface area contributed by atoms with Gasteiger partial charge in [-0.2, -0.15) is 0 Å². The zero-order chi connectivity index (χ0) is 24.2. The summed E-state index contributed by atoms with van der Waals surface area (Å²) in [5, 5.41) is 1.99. The van der Waals surface area contributed by atoms with Crippen molar-refractivity contribution >= 4 is 33.4 Å². The van der Waals surface area contributed by atoms with Gasteiger partial charge < -0.3 is 25.5 Å². The van der Waals surface area contributed by atoms with Crippen molar-refractivity contribution in [3.63, 3.8) is 0 Å². The van der Waals surface area contributed by atoms with Crippen LogP contribution in [0.5, 0.6) is 0 Å². The number of hydrogen-bond acceptors (Lipinski definition) is 7. The topological polar surface area (TPSA) is 114 Å². The third-order valence-electron chi connectivity index (χ3n) is 7.54. The highest BCUT2D eigenvalue weighted by Crippen LogP contribution is 2.49. The SMILES string of the molecule is CC1(C)O[C@@H]2[C@H](O1)C(CCCCc1cccc3cc(N)cnc13)C[C@H]2n1ccc2c(N)ncnc21. The molecule has 1 aliphatic heterocycles. The Labute approximate surface area is 204 Å². The Balaban J connectivity index is 1.17. The first-order valence-corrected chi connectivity index (χ1v) is 12.5. The minimum Gasteiger partial charge on any atom is -0.397 e. The molecule has 8 nitrogen and oxygen atoms in total. The molecule has 6 rings (SSSR count). The van der Waals surface area contributed by atoms with Gasteiger partial charge in [-0.15, -0.1) is 0 Å². The Bertz CT molecular complexity index is 1380. The van der Waals surface area contributed by atoms with Gasteiger partial charge in [0.25, 0.3) is 0 Å². The molecular weight excluding hydrogens is 440 g/mol. The fourth-order valence-electron chi connectivity index (χ4n) is 6.03. The highest BCUT2D eigenvalue weighted by Gasteiger charge is 2.54. The number of anilines is 2. The zero-order valence-corrected chi connectivity index (χ0v) is 20.2. The summed E-state index contributed by atoms with van der Waals surface area (Å²) in [6.45, 7) is 4.02. The van der Waals surface area contributed by atoms with E-state index in [-0.39, 0.29) is 18.2 Å². The maximum absolute atomic E-state index is 6.42. The molecule has 2 aliphatic rings. The van der Waals surface area contributed by atoms with E-state index in [9.17, 15) is 0 Å². The minimum atomic E-state index is -0.584. The third-order valence-corrected chi connectivity index (χ3v) is 7.54. The summed E-state index contributed by atoms with van der Waals surface area (Å²) in [4.78, 5) is 13.2. The van der Waals surface area contributed by atoms with Gasteiger partial charge in [-0.05, 0) is 63.1 Å². The Morgan fingerprint density at radius 2 is 1.91 bits per heavy atom. The van der Waals surface area contributed by atoms with Gasteiger partial charge in [0.15, 0.2) is 5.79 Å². The second kappa shape index (κ2) is 8.46. The molecule has 3 aromatic heterocycles. The van der Waals surface area contributed by atoms with E-state index in [1.165, 1.54) is 11.9 Å². The van der Waals surface area contributed by atoms with E-state index in [1.807, 2.05) is 26.0 Å². The standard InChI is InChI=1S/C27H32N6O2/c1-27(2)34-23-18(7-4-3-6-16-8-5-9-17-12-19(28)14-30-22(16)17)13-21(24(23)35-27)33-11-10-20-25(29)31-15-32-26(20)33/h5,8-12,14-15,18,21,23-24H,3-4,6-7,13,28H2,1-2H3,(H2,29,31,32)/t18?,21-,23-,24+/m1/s1. The number of benzene rings is 1. The molecule has 1 saturated heterocycles. The van der Waals surface area contributed by atoms with Gasteiger partial charge in [-0.3, -0.25) is 4.98 Å². The molecule has 1 saturated carbocycles. The minimum absolute atomic E-state index is 0.00508. The average Bonchev–Trinajstić information content (AvgIpc) is 3.48. The van der Waals surface area contributed by atoms with Crippen LogP contribution >= 0.6 is 0 Å². The first-order valence-electron chi connectivity index (χ1n) is 12.5. The van der Waals surface area contributed by atoms with Crippen molar-refractivity contribution in [1.29, 1.82) is 0 Å². The van der Waals surface area contributed by atoms with Crippen LogP contribution in [0.15, 0.2) is 49.1 Å². The van der Waals surface area contributed by atoms with E-state index < -0.39 is 5.79 Å². The number of nitrogen functional groups attached to an aromatic ring is 2. The number of ether oxygens (including phenoxy) is 2. The molecular formula is C27H32N6O2. The van der Waals surface area contributed by atoms with Crippen molar-refractivity contribution in [2.45, 2.75) is 70.0 Å². The molecule has 1 aliphatic carbocycles. The summed E-state index contributed by atoms with van der Waals surface area (Å²) in [6, 6.07) is 10.5. The van der Waals surface area contributed by atoms with Gasteiger partial charge in [0.05, 0.1) is 34.9 Å².